The van der Waals surface area contributed by atoms with E-state index in [4.69, 9.17) is 0 Å². The number of carbonyl (C=O) groups excluding carboxylic acids is 1. The predicted octanol–water partition coefficient (Wildman–Crippen LogP) is 4.22. The maximum Gasteiger partial charge on any atom is 0.227 e. The normalized spacial score (nSPS) is 17.0. The SMILES string of the molecule is CCCC(=O)N(c1ccc(F)cc1)C1CCN(CC(O)c2cccs2)CC1. The molecule has 2 aromatic rings. The molecular formula is C21H27FN2O2S. The van der Waals surface area contributed by atoms with Crippen molar-refractivity contribution < 1.29 is 14.3 Å². The van der Waals surface area contributed by atoms with Gasteiger partial charge in [-0.2, -0.15) is 0 Å². The second-order valence-corrected chi connectivity index (χ2v) is 8.03. The number of amides is 1. The summed E-state index contributed by atoms with van der Waals surface area (Å²) in [5.41, 5.74) is 0.770. The van der Waals surface area contributed by atoms with Crippen molar-refractivity contribution in [2.45, 2.75) is 44.8 Å². The number of anilines is 1. The van der Waals surface area contributed by atoms with E-state index in [0.29, 0.717) is 13.0 Å². The van der Waals surface area contributed by atoms with Crippen molar-refractivity contribution in [3.8, 4) is 0 Å². The summed E-state index contributed by atoms with van der Waals surface area (Å²) in [5.74, 6) is -0.194. The zero-order chi connectivity index (χ0) is 19.2. The number of aliphatic hydroxyl groups is 1. The van der Waals surface area contributed by atoms with Crippen LogP contribution in [-0.4, -0.2) is 41.6 Å². The van der Waals surface area contributed by atoms with Crippen LogP contribution in [-0.2, 0) is 4.79 Å². The van der Waals surface area contributed by atoms with E-state index in [1.165, 1.54) is 12.1 Å². The number of benzene rings is 1. The van der Waals surface area contributed by atoms with Crippen LogP contribution >= 0.6 is 11.3 Å². The molecule has 3 rings (SSSR count). The topological polar surface area (TPSA) is 43.8 Å². The van der Waals surface area contributed by atoms with Crippen molar-refractivity contribution in [2.24, 2.45) is 0 Å². The Morgan fingerprint density at radius 3 is 2.59 bits per heavy atom. The summed E-state index contributed by atoms with van der Waals surface area (Å²) in [4.78, 5) is 17.8. The summed E-state index contributed by atoms with van der Waals surface area (Å²) in [6, 6.07) is 10.2. The van der Waals surface area contributed by atoms with Crippen LogP contribution in [0.25, 0.3) is 0 Å². The van der Waals surface area contributed by atoms with Crippen LogP contribution < -0.4 is 4.90 Å². The summed E-state index contributed by atoms with van der Waals surface area (Å²) in [6.45, 7) is 4.29. The Labute approximate surface area is 164 Å². The lowest BCUT2D eigenvalue weighted by Gasteiger charge is -2.39. The van der Waals surface area contributed by atoms with E-state index < -0.39 is 6.10 Å². The average Bonchev–Trinajstić information content (AvgIpc) is 3.20. The Morgan fingerprint density at radius 1 is 1.30 bits per heavy atom. The van der Waals surface area contributed by atoms with Gasteiger partial charge >= 0.3 is 0 Å². The highest BCUT2D eigenvalue weighted by atomic mass is 32.1. The minimum atomic E-state index is -0.462. The number of likely N-dealkylation sites (tertiary alicyclic amines) is 1. The molecule has 0 spiro atoms. The van der Waals surface area contributed by atoms with E-state index in [1.807, 2.05) is 29.3 Å². The smallest absolute Gasteiger partial charge is 0.227 e. The number of piperidine rings is 1. The third-order valence-corrected chi connectivity index (χ3v) is 6.04. The first-order valence-electron chi connectivity index (χ1n) is 9.60. The largest absolute Gasteiger partial charge is 0.386 e. The van der Waals surface area contributed by atoms with Crippen LogP contribution in [0.2, 0.25) is 0 Å². The molecule has 2 heterocycles. The fourth-order valence-corrected chi connectivity index (χ4v) is 4.37. The van der Waals surface area contributed by atoms with Gasteiger partial charge < -0.3 is 14.9 Å². The molecule has 1 saturated heterocycles. The number of halogens is 1. The lowest BCUT2D eigenvalue weighted by Crippen LogP contribution is -2.48. The molecular weight excluding hydrogens is 363 g/mol. The van der Waals surface area contributed by atoms with Crippen LogP contribution in [0.5, 0.6) is 0 Å². The van der Waals surface area contributed by atoms with Gasteiger partial charge in [-0.05, 0) is 55.0 Å². The maximum absolute atomic E-state index is 13.3. The maximum atomic E-state index is 13.3. The van der Waals surface area contributed by atoms with Crippen molar-refractivity contribution in [3.63, 3.8) is 0 Å². The number of hydrogen-bond donors (Lipinski definition) is 1. The molecule has 1 aliphatic rings. The van der Waals surface area contributed by atoms with Gasteiger partial charge in [-0.15, -0.1) is 11.3 Å². The lowest BCUT2D eigenvalue weighted by atomic mass is 10.0. The molecule has 1 atom stereocenters. The number of thiophene rings is 1. The van der Waals surface area contributed by atoms with Gasteiger partial charge in [-0.3, -0.25) is 4.79 Å². The molecule has 1 unspecified atom stereocenters. The zero-order valence-corrected chi connectivity index (χ0v) is 16.5. The zero-order valence-electron chi connectivity index (χ0n) is 15.7. The van der Waals surface area contributed by atoms with Crippen LogP contribution in [0.15, 0.2) is 41.8 Å². The highest BCUT2D eigenvalue weighted by Gasteiger charge is 2.29. The molecule has 0 bridgehead atoms. The molecule has 1 amide bonds. The van der Waals surface area contributed by atoms with Gasteiger partial charge in [0.15, 0.2) is 0 Å². The average molecular weight is 391 g/mol. The van der Waals surface area contributed by atoms with Crippen molar-refractivity contribution in [2.75, 3.05) is 24.5 Å². The van der Waals surface area contributed by atoms with Crippen molar-refractivity contribution in [1.29, 1.82) is 0 Å². The molecule has 4 nitrogen and oxygen atoms in total. The van der Waals surface area contributed by atoms with Crippen LogP contribution in [0.3, 0.4) is 0 Å². The molecule has 1 N–H and O–H groups in total. The number of rotatable bonds is 7. The van der Waals surface area contributed by atoms with Gasteiger partial charge in [0.05, 0.1) is 0 Å². The van der Waals surface area contributed by atoms with Gasteiger partial charge in [-0.1, -0.05) is 13.0 Å². The fraction of sp³-hybridized carbons (Fsp3) is 0.476. The number of hydrogen-bond acceptors (Lipinski definition) is 4. The van der Waals surface area contributed by atoms with Crippen molar-refractivity contribution in [3.05, 3.63) is 52.5 Å². The van der Waals surface area contributed by atoms with Crippen LogP contribution in [0, 0.1) is 5.82 Å². The molecule has 146 valence electrons. The molecule has 0 aliphatic carbocycles. The molecule has 0 saturated carbocycles. The van der Waals surface area contributed by atoms with E-state index in [9.17, 15) is 14.3 Å². The van der Waals surface area contributed by atoms with Crippen molar-refractivity contribution in [1.82, 2.24) is 4.90 Å². The summed E-state index contributed by atoms with van der Waals surface area (Å²) in [7, 11) is 0. The molecule has 1 aliphatic heterocycles. The summed E-state index contributed by atoms with van der Waals surface area (Å²) in [6.07, 6.45) is 2.53. The first-order chi connectivity index (χ1) is 13.1. The van der Waals surface area contributed by atoms with E-state index in [-0.39, 0.29) is 17.8 Å². The van der Waals surface area contributed by atoms with Crippen molar-refractivity contribution >= 4 is 22.9 Å². The second kappa shape index (κ2) is 9.44. The third kappa shape index (κ3) is 5.15. The van der Waals surface area contributed by atoms with Gasteiger partial charge in [0.1, 0.15) is 11.9 Å². The minimum Gasteiger partial charge on any atom is -0.386 e. The molecule has 1 aromatic carbocycles. The highest BCUT2D eigenvalue weighted by molar-refractivity contribution is 7.10. The first-order valence-corrected chi connectivity index (χ1v) is 10.5. The molecule has 6 heteroatoms. The first kappa shape index (κ1) is 20.0. The monoisotopic (exact) mass is 390 g/mol. The highest BCUT2D eigenvalue weighted by Crippen LogP contribution is 2.27. The fourth-order valence-electron chi connectivity index (χ4n) is 3.67. The Hall–Kier alpha value is -1.76. The van der Waals surface area contributed by atoms with Gasteiger partial charge in [0.2, 0.25) is 5.91 Å². The molecule has 1 fully saturated rings. The number of β-amino-alcohol motifs (C(OH)–C–C–N with tert-alkyl or cyclic N) is 1. The second-order valence-electron chi connectivity index (χ2n) is 7.05. The summed E-state index contributed by atoms with van der Waals surface area (Å²) < 4.78 is 13.3. The predicted molar refractivity (Wildman–Crippen MR) is 108 cm³/mol. The standard InChI is InChI=1S/C21H27FN2O2S/c1-2-4-21(26)24(17-8-6-16(22)7-9-17)18-10-12-23(13-11-18)15-19(25)20-5-3-14-27-20/h3,5-9,14,18-19,25H,2,4,10-13,15H2,1H3. The summed E-state index contributed by atoms with van der Waals surface area (Å²) >= 11 is 1.57. The Bertz CT molecular complexity index is 712. The minimum absolute atomic E-state index is 0.0983. The van der Waals surface area contributed by atoms with Gasteiger partial charge in [0.25, 0.3) is 0 Å². The molecule has 27 heavy (non-hydrogen) atoms. The molecule has 0 radical (unpaired) electrons. The Kier molecular flexibility index (Phi) is 6.99. The van der Waals surface area contributed by atoms with E-state index >= 15 is 0 Å². The van der Waals surface area contributed by atoms with E-state index in [1.54, 1.807) is 23.5 Å². The lowest BCUT2D eigenvalue weighted by molar-refractivity contribution is -0.119. The van der Waals surface area contributed by atoms with Gasteiger partial charge in [0, 0.05) is 42.7 Å². The van der Waals surface area contributed by atoms with Crippen LogP contribution in [0.1, 0.15) is 43.6 Å². The Morgan fingerprint density at radius 2 is 2.00 bits per heavy atom. The number of nitrogens with zero attached hydrogens (tertiary/aromatic N) is 2. The summed E-state index contributed by atoms with van der Waals surface area (Å²) in [5, 5.41) is 12.3. The van der Waals surface area contributed by atoms with E-state index in [0.717, 1.165) is 42.9 Å². The number of carbonyl (C=O) groups is 1. The van der Waals surface area contributed by atoms with Gasteiger partial charge in [-0.25, -0.2) is 4.39 Å². The Balaban J connectivity index is 1.63. The third-order valence-electron chi connectivity index (χ3n) is 5.06. The number of aliphatic hydroxyl groups excluding tert-OH is 1. The van der Waals surface area contributed by atoms with Crippen LogP contribution in [0.4, 0.5) is 10.1 Å². The van der Waals surface area contributed by atoms with E-state index in [2.05, 4.69) is 4.90 Å². The molecule has 1 aromatic heterocycles. The quantitative estimate of drug-likeness (QED) is 0.770.